The molecular weight excluding hydrogens is 279 g/mol. The first kappa shape index (κ1) is 14.5. The lowest BCUT2D eigenvalue weighted by Crippen LogP contribution is -2.39. The highest BCUT2D eigenvalue weighted by Gasteiger charge is 2.57. The van der Waals surface area contributed by atoms with Crippen LogP contribution in [0.1, 0.15) is 0 Å². The van der Waals surface area contributed by atoms with Crippen molar-refractivity contribution in [1.82, 2.24) is 0 Å². The third-order valence-electron chi connectivity index (χ3n) is 0.869. The largest absolute Gasteiger partial charge is 0.433 e. The number of rotatable bonds is 5. The van der Waals surface area contributed by atoms with E-state index in [-0.39, 0.29) is 0 Å². The topological polar surface area (TPSA) is 86.7 Å². The second-order valence-electron chi connectivity index (χ2n) is 1.88. The Morgan fingerprint density at radius 3 is 1.80 bits per heavy atom. The van der Waals surface area contributed by atoms with Crippen molar-refractivity contribution in [3.63, 3.8) is 0 Å². The van der Waals surface area contributed by atoms with Gasteiger partial charge in [0, 0.05) is 0 Å². The Bertz CT molecular complexity index is 411. The lowest BCUT2D eigenvalue weighted by atomic mass is 10.7. The number of hydrogen-bond acceptors (Lipinski definition) is 6. The molecule has 0 spiro atoms. The summed E-state index contributed by atoms with van der Waals surface area (Å²) in [6, 6.07) is 0. The molecule has 0 fully saturated rings. The van der Waals surface area contributed by atoms with Gasteiger partial charge in [-0.25, -0.2) is 8.57 Å². The summed E-state index contributed by atoms with van der Waals surface area (Å²) >= 11 is 0. The van der Waals surface area contributed by atoms with Crippen LogP contribution in [0.15, 0.2) is 0 Å². The molecule has 0 aliphatic heterocycles. The highest BCUT2D eigenvalue weighted by molar-refractivity contribution is 7.87. The summed E-state index contributed by atoms with van der Waals surface area (Å²) in [6.45, 7) is 0. The zero-order valence-electron chi connectivity index (χ0n) is 6.23. The maximum atomic E-state index is 12.1. The molecule has 0 amide bonds. The average molecular weight is 280 g/mol. The van der Waals surface area contributed by atoms with Gasteiger partial charge < -0.3 is 0 Å². The second-order valence-corrected chi connectivity index (χ2v) is 4.44. The molecule has 0 saturated heterocycles. The van der Waals surface area contributed by atoms with Crippen molar-refractivity contribution in [3.8, 4) is 0 Å². The van der Waals surface area contributed by atoms with E-state index in [0.717, 1.165) is 0 Å². The van der Waals surface area contributed by atoms with Crippen molar-refractivity contribution in [2.75, 3.05) is 0 Å². The first-order valence-electron chi connectivity index (χ1n) is 2.63. The van der Waals surface area contributed by atoms with Crippen molar-refractivity contribution < 1.29 is 47.0 Å². The molecule has 0 N–H and O–H groups in total. The third kappa shape index (κ3) is 3.51. The van der Waals surface area contributed by atoms with Crippen LogP contribution in [0.5, 0.6) is 0 Å². The molecule has 1 unspecified atom stereocenters. The molecule has 92 valence electrons. The van der Waals surface area contributed by atoms with Gasteiger partial charge in [-0.2, -0.15) is 25.6 Å². The molecular formula is C2HF5O6S2. The van der Waals surface area contributed by atoms with E-state index in [4.69, 9.17) is 0 Å². The Morgan fingerprint density at radius 2 is 1.53 bits per heavy atom. The summed E-state index contributed by atoms with van der Waals surface area (Å²) in [5.41, 5.74) is 0. The van der Waals surface area contributed by atoms with Crippen LogP contribution in [-0.4, -0.2) is 28.4 Å². The van der Waals surface area contributed by atoms with E-state index in [1.54, 1.807) is 0 Å². The quantitative estimate of drug-likeness (QED) is 0.533. The molecule has 1 atom stereocenters. The van der Waals surface area contributed by atoms with Crippen molar-refractivity contribution in [2.24, 2.45) is 0 Å². The fraction of sp³-hybridized carbons (Fsp3) is 1.00. The molecule has 0 radical (unpaired) electrons. The minimum absolute atomic E-state index is 1.88. The van der Waals surface area contributed by atoms with Crippen molar-refractivity contribution in [2.45, 2.75) is 11.6 Å². The van der Waals surface area contributed by atoms with E-state index >= 15 is 0 Å². The maximum Gasteiger partial charge on any atom is 0.433 e. The van der Waals surface area contributed by atoms with E-state index < -0.39 is 32.2 Å². The molecule has 0 heterocycles. The second kappa shape index (κ2) is 4.15. The van der Waals surface area contributed by atoms with Gasteiger partial charge in [0.1, 0.15) is 0 Å². The van der Waals surface area contributed by atoms with Crippen LogP contribution in [-0.2, 0) is 29.2 Å². The van der Waals surface area contributed by atoms with E-state index in [0.29, 0.717) is 0 Å². The van der Waals surface area contributed by atoms with E-state index in [2.05, 4.69) is 4.18 Å². The summed E-state index contributed by atoms with van der Waals surface area (Å²) in [5, 5.41) is -5.81. The molecule has 13 heteroatoms. The Kier molecular flexibility index (Phi) is 4.00. The van der Waals surface area contributed by atoms with Gasteiger partial charge >= 0.3 is 25.9 Å². The molecule has 0 aromatic carbocycles. The van der Waals surface area contributed by atoms with Crippen LogP contribution in [0.4, 0.5) is 21.6 Å². The molecule has 0 rings (SSSR count). The zero-order valence-corrected chi connectivity index (χ0v) is 7.87. The van der Waals surface area contributed by atoms with Crippen LogP contribution < -0.4 is 0 Å². The highest BCUT2D eigenvalue weighted by atomic mass is 32.3. The molecule has 0 aliphatic carbocycles. The van der Waals surface area contributed by atoms with E-state index in [1.807, 2.05) is 4.39 Å². The Hall–Kier alpha value is -0.530. The predicted molar refractivity (Wildman–Crippen MR) is 32.1 cm³/mol. The minimum atomic E-state index is -6.76. The summed E-state index contributed by atoms with van der Waals surface area (Å²) in [5.74, 6) is 0. The number of alkyl halides is 3. The average Bonchev–Trinajstić information content (AvgIpc) is 2.01. The molecule has 6 nitrogen and oxygen atoms in total. The monoisotopic (exact) mass is 280 g/mol. The van der Waals surface area contributed by atoms with E-state index in [1.165, 1.54) is 0 Å². The molecule has 0 aromatic rings. The fourth-order valence-corrected chi connectivity index (χ4v) is 0.973. The smallest absolute Gasteiger partial charge is 0.206 e. The van der Waals surface area contributed by atoms with Crippen molar-refractivity contribution >= 4 is 20.6 Å². The SMILES string of the molecule is O=S(=O)(OF)OC(F)C(F)(F)S(=O)(=O)F. The van der Waals surface area contributed by atoms with Gasteiger partial charge in [-0.3, -0.25) is 0 Å². The lowest BCUT2D eigenvalue weighted by molar-refractivity contribution is -0.116. The predicted octanol–water partition coefficient (Wildman–Crippen LogP) is 0.337. The van der Waals surface area contributed by atoms with Crippen molar-refractivity contribution in [3.05, 3.63) is 0 Å². The molecule has 0 bridgehead atoms. The summed E-state index contributed by atoms with van der Waals surface area (Å²) in [4.78, 5) is 0. The van der Waals surface area contributed by atoms with Gasteiger partial charge in [-0.1, -0.05) is 3.89 Å². The standard InChI is InChI=1S/C2HF5O6S2/c3-1(12-15(10,11)13-6)2(4,5)14(7,8)9/h1H. The van der Waals surface area contributed by atoms with Crippen molar-refractivity contribution in [1.29, 1.82) is 0 Å². The third-order valence-corrected chi connectivity index (χ3v) is 2.26. The normalized spacial score (nSPS) is 16.3. The zero-order chi connectivity index (χ0) is 12.5. The first-order valence-corrected chi connectivity index (χ1v) is 5.35. The Labute approximate surface area is 80.0 Å². The molecule has 0 aliphatic rings. The van der Waals surface area contributed by atoms with Gasteiger partial charge in [0.25, 0.3) is 6.36 Å². The van der Waals surface area contributed by atoms with Crippen LogP contribution in [0.25, 0.3) is 0 Å². The molecule has 0 aromatic heterocycles. The summed E-state index contributed by atoms with van der Waals surface area (Å²) in [6.07, 6.45) is -4.48. The van der Waals surface area contributed by atoms with Gasteiger partial charge in [0.05, 0.1) is 0 Å². The van der Waals surface area contributed by atoms with Gasteiger partial charge in [0.15, 0.2) is 0 Å². The Morgan fingerprint density at radius 1 is 1.13 bits per heavy atom. The maximum absolute atomic E-state index is 12.1. The van der Waals surface area contributed by atoms with Crippen LogP contribution >= 0.6 is 0 Å². The number of halogens is 5. The molecule has 0 saturated carbocycles. The fourth-order valence-electron chi connectivity index (χ4n) is 0.285. The Balaban J connectivity index is 4.98. The summed E-state index contributed by atoms with van der Waals surface area (Å²) < 4.78 is 102. The van der Waals surface area contributed by atoms with Crippen LogP contribution in [0.3, 0.4) is 0 Å². The summed E-state index contributed by atoms with van der Waals surface area (Å²) in [7, 11) is -12.6. The van der Waals surface area contributed by atoms with E-state index in [9.17, 15) is 38.4 Å². The highest BCUT2D eigenvalue weighted by Crippen LogP contribution is 2.31. The van der Waals surface area contributed by atoms with Crippen LogP contribution in [0, 0.1) is 0 Å². The first-order chi connectivity index (χ1) is 6.44. The van der Waals surface area contributed by atoms with Gasteiger partial charge in [-0.05, 0) is 8.91 Å². The van der Waals surface area contributed by atoms with Gasteiger partial charge in [0.2, 0.25) is 0 Å². The number of hydrogen-bond donors (Lipinski definition) is 0. The lowest BCUT2D eigenvalue weighted by Gasteiger charge is -2.14. The minimum Gasteiger partial charge on any atom is -0.206 e. The van der Waals surface area contributed by atoms with Gasteiger partial charge in [-0.15, -0.1) is 0 Å². The van der Waals surface area contributed by atoms with Crippen LogP contribution in [0.2, 0.25) is 0 Å². The molecule has 15 heavy (non-hydrogen) atoms.